The van der Waals surface area contributed by atoms with Gasteiger partial charge in [-0.3, -0.25) is 4.79 Å². The van der Waals surface area contributed by atoms with Gasteiger partial charge in [-0.25, -0.2) is 4.98 Å². The van der Waals surface area contributed by atoms with E-state index in [1.807, 2.05) is 24.1 Å². The third kappa shape index (κ3) is 3.74. The molecule has 4 heteroatoms. The maximum atomic E-state index is 12.7. The van der Waals surface area contributed by atoms with Gasteiger partial charge >= 0.3 is 0 Å². The first-order valence-electron chi connectivity index (χ1n) is 8.67. The molecule has 0 bridgehead atoms. The molecule has 1 N–H and O–H groups in total. The van der Waals surface area contributed by atoms with E-state index in [4.69, 9.17) is 0 Å². The van der Waals surface area contributed by atoms with Gasteiger partial charge in [-0.05, 0) is 30.8 Å². The molecular formula is C19H29N3O. The third-order valence-electron chi connectivity index (χ3n) is 4.79. The Bertz CT molecular complexity index is 585. The van der Waals surface area contributed by atoms with Gasteiger partial charge < -0.3 is 9.88 Å². The molecule has 1 aromatic rings. The molecular weight excluding hydrogens is 286 g/mol. The summed E-state index contributed by atoms with van der Waals surface area (Å²) in [7, 11) is 0. The summed E-state index contributed by atoms with van der Waals surface area (Å²) in [6.45, 7) is 13.0. The number of hydrogen-bond donors (Lipinski definition) is 1. The van der Waals surface area contributed by atoms with E-state index in [1.165, 1.54) is 0 Å². The molecule has 2 atom stereocenters. The maximum absolute atomic E-state index is 12.7. The smallest absolute Gasteiger partial charge is 0.226 e. The Balaban J connectivity index is 2.21. The number of aromatic nitrogens is 2. The third-order valence-corrected chi connectivity index (χ3v) is 4.79. The zero-order chi connectivity index (χ0) is 17.0. The minimum absolute atomic E-state index is 0.0498. The largest absolute Gasteiger partial charge is 0.340 e. The fourth-order valence-corrected chi connectivity index (χ4v) is 3.04. The highest BCUT2D eigenvalue weighted by molar-refractivity contribution is 5.79. The Hall–Kier alpha value is -1.84. The number of nitrogens with zero attached hydrogens (tertiary/aromatic N) is 2. The van der Waals surface area contributed by atoms with E-state index in [1.54, 1.807) is 0 Å². The molecule has 1 amide bonds. The van der Waals surface area contributed by atoms with Crippen molar-refractivity contribution < 1.29 is 4.79 Å². The Labute approximate surface area is 139 Å². The standard InChI is InChI=1S/C19H29N3O/c1-6-9-15(7-2)16-12-20-18(21-16)17-10-8-11-22(17)19(23)14(5)13(3)4/h7,9,12-14,17H,2,6,8,10-11H2,1,3-5H3,(H,20,21). The molecule has 1 fully saturated rings. The number of likely N-dealkylation sites (tertiary alicyclic amines) is 1. The predicted octanol–water partition coefficient (Wildman–Crippen LogP) is 4.34. The van der Waals surface area contributed by atoms with Crippen molar-refractivity contribution in [2.45, 2.75) is 53.0 Å². The molecule has 126 valence electrons. The molecule has 0 aromatic carbocycles. The van der Waals surface area contributed by atoms with Crippen LogP contribution in [0.15, 0.2) is 24.9 Å². The summed E-state index contributed by atoms with van der Waals surface area (Å²) in [6, 6.07) is 0.0742. The molecule has 1 saturated heterocycles. The van der Waals surface area contributed by atoms with E-state index >= 15 is 0 Å². The van der Waals surface area contributed by atoms with Crippen LogP contribution in [-0.2, 0) is 4.79 Å². The number of imidazole rings is 1. The maximum Gasteiger partial charge on any atom is 0.226 e. The first-order valence-corrected chi connectivity index (χ1v) is 8.67. The van der Waals surface area contributed by atoms with Crippen LogP contribution in [0, 0.1) is 11.8 Å². The molecule has 1 aliphatic rings. The summed E-state index contributed by atoms with van der Waals surface area (Å²) in [5.41, 5.74) is 2.05. The predicted molar refractivity (Wildman–Crippen MR) is 94.7 cm³/mol. The van der Waals surface area contributed by atoms with Crippen molar-refractivity contribution in [1.82, 2.24) is 14.9 Å². The Kier molecular flexibility index (Phi) is 5.80. The molecule has 4 nitrogen and oxygen atoms in total. The van der Waals surface area contributed by atoms with Crippen LogP contribution in [0.2, 0.25) is 0 Å². The molecule has 0 radical (unpaired) electrons. The zero-order valence-corrected chi connectivity index (χ0v) is 14.8. The lowest BCUT2D eigenvalue weighted by Gasteiger charge is -2.27. The van der Waals surface area contributed by atoms with E-state index in [0.717, 1.165) is 42.9 Å². The van der Waals surface area contributed by atoms with Gasteiger partial charge in [0.15, 0.2) is 0 Å². The van der Waals surface area contributed by atoms with Crippen LogP contribution in [0.5, 0.6) is 0 Å². The topological polar surface area (TPSA) is 49.0 Å². The normalized spacial score (nSPS) is 20.1. The van der Waals surface area contributed by atoms with Crippen LogP contribution in [-0.4, -0.2) is 27.3 Å². The highest BCUT2D eigenvalue weighted by Crippen LogP contribution is 2.33. The van der Waals surface area contributed by atoms with Crippen LogP contribution in [0.4, 0.5) is 0 Å². The zero-order valence-electron chi connectivity index (χ0n) is 14.8. The van der Waals surface area contributed by atoms with Gasteiger partial charge in [0, 0.05) is 12.5 Å². The summed E-state index contributed by atoms with van der Waals surface area (Å²) in [6.07, 6.45) is 8.80. The summed E-state index contributed by atoms with van der Waals surface area (Å²) in [4.78, 5) is 22.7. The van der Waals surface area contributed by atoms with Gasteiger partial charge in [0.2, 0.25) is 5.91 Å². The van der Waals surface area contributed by atoms with E-state index in [0.29, 0.717) is 5.92 Å². The lowest BCUT2D eigenvalue weighted by molar-refractivity contribution is -0.137. The second-order valence-electron chi connectivity index (χ2n) is 6.68. The number of hydrogen-bond acceptors (Lipinski definition) is 2. The van der Waals surface area contributed by atoms with E-state index in [-0.39, 0.29) is 17.9 Å². The minimum atomic E-state index is 0.0498. The second kappa shape index (κ2) is 7.62. The molecule has 2 rings (SSSR count). The number of aromatic amines is 1. The summed E-state index contributed by atoms with van der Waals surface area (Å²) < 4.78 is 0. The summed E-state index contributed by atoms with van der Waals surface area (Å²) >= 11 is 0. The monoisotopic (exact) mass is 315 g/mol. The van der Waals surface area contributed by atoms with Gasteiger partial charge in [-0.15, -0.1) is 0 Å². The summed E-state index contributed by atoms with van der Waals surface area (Å²) in [5.74, 6) is 1.55. The lowest BCUT2D eigenvalue weighted by Crippen LogP contribution is -2.36. The molecule has 1 aromatic heterocycles. The first-order chi connectivity index (χ1) is 11.0. The van der Waals surface area contributed by atoms with Gasteiger partial charge in [0.05, 0.1) is 17.9 Å². The number of amides is 1. The highest BCUT2D eigenvalue weighted by Gasteiger charge is 2.34. The molecule has 0 aliphatic carbocycles. The van der Waals surface area contributed by atoms with Crippen molar-refractivity contribution in [3.8, 4) is 0 Å². The number of nitrogens with one attached hydrogen (secondary N) is 1. The van der Waals surface area contributed by atoms with Gasteiger partial charge in [-0.1, -0.05) is 46.4 Å². The van der Waals surface area contributed by atoms with Crippen molar-refractivity contribution in [1.29, 1.82) is 0 Å². The molecule has 23 heavy (non-hydrogen) atoms. The Morgan fingerprint density at radius 1 is 1.52 bits per heavy atom. The van der Waals surface area contributed by atoms with E-state index in [9.17, 15) is 4.79 Å². The number of carbonyl (C=O) groups is 1. The molecule has 0 saturated carbocycles. The number of allylic oxidation sites excluding steroid dienone is 3. The molecule has 0 spiro atoms. The average Bonchev–Trinajstić information content (AvgIpc) is 3.19. The van der Waals surface area contributed by atoms with Crippen molar-refractivity contribution in [3.63, 3.8) is 0 Å². The van der Waals surface area contributed by atoms with Crippen LogP contribution in [0.25, 0.3) is 5.57 Å². The minimum Gasteiger partial charge on any atom is -0.340 e. The van der Waals surface area contributed by atoms with Crippen LogP contribution in [0.3, 0.4) is 0 Å². The fourth-order valence-electron chi connectivity index (χ4n) is 3.04. The second-order valence-corrected chi connectivity index (χ2v) is 6.68. The van der Waals surface area contributed by atoms with Crippen molar-refractivity contribution in [2.24, 2.45) is 11.8 Å². The van der Waals surface area contributed by atoms with Gasteiger partial charge in [0.1, 0.15) is 5.82 Å². The summed E-state index contributed by atoms with van der Waals surface area (Å²) in [5, 5.41) is 0. The van der Waals surface area contributed by atoms with Crippen molar-refractivity contribution in [2.75, 3.05) is 6.54 Å². The number of H-pyrrole nitrogens is 1. The lowest BCUT2D eigenvalue weighted by atomic mass is 9.96. The molecule has 2 unspecified atom stereocenters. The van der Waals surface area contributed by atoms with Crippen molar-refractivity contribution in [3.05, 3.63) is 36.4 Å². The number of carbonyl (C=O) groups excluding carboxylic acids is 1. The quantitative estimate of drug-likeness (QED) is 0.794. The van der Waals surface area contributed by atoms with Crippen molar-refractivity contribution >= 4 is 11.5 Å². The van der Waals surface area contributed by atoms with Crippen LogP contribution in [0.1, 0.15) is 64.5 Å². The fraction of sp³-hybridized carbons (Fsp3) is 0.579. The Morgan fingerprint density at radius 3 is 2.87 bits per heavy atom. The van der Waals surface area contributed by atoms with E-state index < -0.39 is 0 Å². The first kappa shape index (κ1) is 17.5. The number of rotatable bonds is 6. The highest BCUT2D eigenvalue weighted by atomic mass is 16.2. The van der Waals surface area contributed by atoms with Gasteiger partial charge in [-0.2, -0.15) is 0 Å². The van der Waals surface area contributed by atoms with Crippen LogP contribution < -0.4 is 0 Å². The van der Waals surface area contributed by atoms with Gasteiger partial charge in [0.25, 0.3) is 0 Å². The van der Waals surface area contributed by atoms with Crippen LogP contribution >= 0.6 is 0 Å². The Morgan fingerprint density at radius 2 is 2.26 bits per heavy atom. The molecule has 1 aliphatic heterocycles. The SMILES string of the molecule is C=CC(=CCC)c1cnc(C2CCCN2C(=O)C(C)C(C)C)[nH]1. The van der Waals surface area contributed by atoms with E-state index in [2.05, 4.69) is 43.4 Å². The average molecular weight is 315 g/mol. The molecule has 2 heterocycles.